The van der Waals surface area contributed by atoms with Gasteiger partial charge in [-0.25, -0.2) is 8.42 Å². The van der Waals surface area contributed by atoms with Crippen LogP contribution in [0.4, 0.5) is 0 Å². The minimum absolute atomic E-state index is 0.0176. The van der Waals surface area contributed by atoms with E-state index in [2.05, 4.69) is 0 Å². The molecule has 1 aliphatic heterocycles. The van der Waals surface area contributed by atoms with Gasteiger partial charge in [-0.3, -0.25) is 0 Å². The van der Waals surface area contributed by atoms with Crippen molar-refractivity contribution in [1.82, 2.24) is 4.31 Å². The van der Waals surface area contributed by atoms with Gasteiger partial charge in [0.25, 0.3) is 0 Å². The van der Waals surface area contributed by atoms with Crippen molar-refractivity contribution in [2.75, 3.05) is 13.1 Å². The van der Waals surface area contributed by atoms with Gasteiger partial charge < -0.3 is 5.11 Å². The Bertz CT molecular complexity index is 701. The van der Waals surface area contributed by atoms with Crippen molar-refractivity contribution in [3.63, 3.8) is 0 Å². The van der Waals surface area contributed by atoms with Crippen molar-refractivity contribution in [2.45, 2.75) is 23.3 Å². The second kappa shape index (κ2) is 4.43. The summed E-state index contributed by atoms with van der Waals surface area (Å²) >= 11 is 5.94. The average Bonchev–Trinajstić information content (AvgIpc) is 3.18. The fraction of sp³-hybridized carbons (Fsp3) is 0.462. The SMILES string of the molecule is N#Cc1ccc(S(=O)(=O)N2CC(O)(C3CC3)C2)c(Cl)c1. The van der Waals surface area contributed by atoms with E-state index in [-0.39, 0.29) is 28.9 Å². The highest BCUT2D eigenvalue weighted by Gasteiger charge is 2.55. The molecule has 2 fully saturated rings. The van der Waals surface area contributed by atoms with Crippen molar-refractivity contribution in [3.05, 3.63) is 28.8 Å². The summed E-state index contributed by atoms with van der Waals surface area (Å²) in [4.78, 5) is -0.0176. The molecule has 0 radical (unpaired) electrons. The van der Waals surface area contributed by atoms with E-state index in [1.165, 1.54) is 22.5 Å². The molecule has 2 aliphatic rings. The third kappa shape index (κ3) is 2.11. The number of benzene rings is 1. The molecule has 7 heteroatoms. The van der Waals surface area contributed by atoms with E-state index >= 15 is 0 Å². The molecule has 106 valence electrons. The molecule has 1 aromatic carbocycles. The lowest BCUT2D eigenvalue weighted by atomic mass is 9.91. The molecule has 0 unspecified atom stereocenters. The van der Waals surface area contributed by atoms with E-state index in [1.807, 2.05) is 6.07 Å². The van der Waals surface area contributed by atoms with Gasteiger partial charge in [-0.15, -0.1) is 0 Å². The molecule has 1 N–H and O–H groups in total. The van der Waals surface area contributed by atoms with Crippen LogP contribution in [0.2, 0.25) is 5.02 Å². The zero-order chi connectivity index (χ0) is 14.5. The van der Waals surface area contributed by atoms with Crippen molar-refractivity contribution in [2.24, 2.45) is 5.92 Å². The third-order valence-corrected chi connectivity index (χ3v) is 6.19. The number of hydrogen-bond donors (Lipinski definition) is 1. The molecule has 1 aromatic rings. The summed E-state index contributed by atoms with van der Waals surface area (Å²) < 4.78 is 26.1. The number of nitrogens with zero attached hydrogens (tertiary/aromatic N) is 2. The number of sulfonamides is 1. The van der Waals surface area contributed by atoms with Crippen LogP contribution in [-0.2, 0) is 10.0 Å². The number of nitriles is 1. The Labute approximate surface area is 122 Å². The summed E-state index contributed by atoms with van der Waals surface area (Å²) in [7, 11) is -3.70. The van der Waals surface area contributed by atoms with Crippen LogP contribution < -0.4 is 0 Å². The van der Waals surface area contributed by atoms with Crippen LogP contribution in [0.3, 0.4) is 0 Å². The van der Waals surface area contributed by atoms with Gasteiger partial charge in [0.05, 0.1) is 22.3 Å². The van der Waals surface area contributed by atoms with E-state index in [0.717, 1.165) is 12.8 Å². The van der Waals surface area contributed by atoms with Crippen molar-refractivity contribution in [1.29, 1.82) is 5.26 Å². The molecule has 0 bridgehead atoms. The fourth-order valence-electron chi connectivity index (χ4n) is 2.53. The van der Waals surface area contributed by atoms with E-state index in [1.54, 1.807) is 0 Å². The van der Waals surface area contributed by atoms with Crippen LogP contribution in [0.5, 0.6) is 0 Å². The lowest BCUT2D eigenvalue weighted by Gasteiger charge is -2.45. The zero-order valence-electron chi connectivity index (χ0n) is 10.6. The highest BCUT2D eigenvalue weighted by molar-refractivity contribution is 7.89. The maximum atomic E-state index is 12.4. The Morgan fingerprint density at radius 2 is 2.05 bits per heavy atom. The van der Waals surface area contributed by atoms with E-state index in [9.17, 15) is 13.5 Å². The molecule has 1 saturated heterocycles. The Kier molecular flexibility index (Phi) is 3.07. The molecule has 1 heterocycles. The third-order valence-electron chi connectivity index (χ3n) is 3.92. The molecule has 1 saturated carbocycles. The van der Waals surface area contributed by atoms with Crippen molar-refractivity contribution in [3.8, 4) is 6.07 Å². The molecule has 0 aromatic heterocycles. The summed E-state index contributed by atoms with van der Waals surface area (Å²) in [5, 5.41) is 19.0. The maximum absolute atomic E-state index is 12.4. The molecule has 0 atom stereocenters. The zero-order valence-corrected chi connectivity index (χ0v) is 12.2. The van der Waals surface area contributed by atoms with Gasteiger partial charge in [0.2, 0.25) is 10.0 Å². The second-order valence-electron chi connectivity index (χ2n) is 5.41. The van der Waals surface area contributed by atoms with Crippen molar-refractivity contribution < 1.29 is 13.5 Å². The van der Waals surface area contributed by atoms with E-state index in [0.29, 0.717) is 5.56 Å². The van der Waals surface area contributed by atoms with Crippen molar-refractivity contribution >= 4 is 21.6 Å². The number of rotatable bonds is 3. The van der Waals surface area contributed by atoms with Crippen LogP contribution in [0, 0.1) is 17.2 Å². The molecule has 1 aliphatic carbocycles. The van der Waals surface area contributed by atoms with Crippen LogP contribution in [0.15, 0.2) is 23.1 Å². The molecule has 5 nitrogen and oxygen atoms in total. The van der Waals surface area contributed by atoms with Crippen LogP contribution in [0.25, 0.3) is 0 Å². The van der Waals surface area contributed by atoms with Gasteiger partial charge in [-0.2, -0.15) is 9.57 Å². The van der Waals surface area contributed by atoms with Gasteiger partial charge >= 0.3 is 0 Å². The van der Waals surface area contributed by atoms with Gasteiger partial charge in [0.1, 0.15) is 4.90 Å². The summed E-state index contributed by atoms with van der Waals surface area (Å²) in [5.74, 6) is 0.227. The van der Waals surface area contributed by atoms with Crippen LogP contribution >= 0.6 is 11.6 Å². The summed E-state index contributed by atoms with van der Waals surface area (Å²) in [6.07, 6.45) is 1.92. The first-order valence-electron chi connectivity index (χ1n) is 6.29. The van der Waals surface area contributed by atoms with E-state index < -0.39 is 15.6 Å². The molecular weight excluding hydrogens is 300 g/mol. The average molecular weight is 313 g/mol. The molecule has 3 rings (SSSR count). The molecule has 20 heavy (non-hydrogen) atoms. The number of aliphatic hydroxyl groups is 1. The highest BCUT2D eigenvalue weighted by Crippen LogP contribution is 2.46. The Morgan fingerprint density at radius 3 is 2.55 bits per heavy atom. The molecule has 0 amide bonds. The predicted octanol–water partition coefficient (Wildman–Crippen LogP) is 1.36. The minimum Gasteiger partial charge on any atom is -0.387 e. The van der Waals surface area contributed by atoms with Crippen LogP contribution in [-0.4, -0.2) is 36.5 Å². The second-order valence-corrected chi connectivity index (χ2v) is 7.72. The van der Waals surface area contributed by atoms with Gasteiger partial charge in [0.15, 0.2) is 0 Å². The first kappa shape index (κ1) is 13.8. The molecule has 0 spiro atoms. The Morgan fingerprint density at radius 1 is 1.40 bits per heavy atom. The van der Waals surface area contributed by atoms with Gasteiger partial charge in [-0.1, -0.05) is 11.6 Å². The number of halogens is 1. The largest absolute Gasteiger partial charge is 0.387 e. The standard InChI is InChI=1S/C13H13ClN2O3S/c14-11-5-9(6-15)1-4-12(11)20(18,19)16-7-13(17,8-16)10-2-3-10/h1,4-5,10,17H,2-3,7-8H2. The van der Waals surface area contributed by atoms with Gasteiger partial charge in [-0.05, 0) is 37.0 Å². The summed E-state index contributed by atoms with van der Waals surface area (Å²) in [6.45, 7) is 0.243. The Hall–Kier alpha value is -1.13. The summed E-state index contributed by atoms with van der Waals surface area (Å²) in [6, 6.07) is 6.00. The van der Waals surface area contributed by atoms with E-state index in [4.69, 9.17) is 16.9 Å². The predicted molar refractivity (Wildman–Crippen MR) is 72.6 cm³/mol. The number of β-amino-alcohol motifs (C(OH)–C–C–N with tert-alkyl or cyclic N) is 1. The summed E-state index contributed by atoms with van der Waals surface area (Å²) in [5.41, 5.74) is -0.557. The maximum Gasteiger partial charge on any atom is 0.244 e. The normalized spacial score (nSPS) is 22.1. The Balaban J connectivity index is 1.85. The topological polar surface area (TPSA) is 81.4 Å². The molecular formula is C13H13ClN2O3S. The highest BCUT2D eigenvalue weighted by atomic mass is 35.5. The fourth-order valence-corrected chi connectivity index (χ4v) is 4.62. The monoisotopic (exact) mass is 312 g/mol. The minimum atomic E-state index is -3.70. The van der Waals surface area contributed by atoms with Crippen LogP contribution in [0.1, 0.15) is 18.4 Å². The number of hydrogen-bond acceptors (Lipinski definition) is 4. The van der Waals surface area contributed by atoms with Gasteiger partial charge in [0, 0.05) is 13.1 Å². The lowest BCUT2D eigenvalue weighted by molar-refractivity contribution is -0.0764. The quantitative estimate of drug-likeness (QED) is 0.913. The first-order chi connectivity index (χ1) is 9.37. The lowest BCUT2D eigenvalue weighted by Crippen LogP contribution is -2.64. The first-order valence-corrected chi connectivity index (χ1v) is 8.11. The smallest absolute Gasteiger partial charge is 0.244 e.